The standard InChI is InChI=1S/C14H14N2O4/c17-12(6-14(13(18)19)2-4-20-8-14)9-5-11-10(16-7-9)1-3-15-11/h3,5,7H,1-2,4,6,8H2,(H,18,19)/t14-/m0/s1. The van der Waals surface area contributed by atoms with Crippen LogP contribution in [-0.4, -0.2) is 41.3 Å². The fraction of sp³-hybridized carbons (Fsp3) is 0.429. The summed E-state index contributed by atoms with van der Waals surface area (Å²) < 4.78 is 5.16. The molecule has 0 aromatic carbocycles. The van der Waals surface area contributed by atoms with Crippen molar-refractivity contribution in [2.75, 3.05) is 13.2 Å². The zero-order valence-corrected chi connectivity index (χ0v) is 10.8. The molecule has 1 N–H and O–H groups in total. The molecule has 1 saturated heterocycles. The highest BCUT2D eigenvalue weighted by molar-refractivity contribution is 5.99. The van der Waals surface area contributed by atoms with Crippen molar-refractivity contribution in [1.29, 1.82) is 0 Å². The van der Waals surface area contributed by atoms with Crippen LogP contribution in [0.5, 0.6) is 0 Å². The van der Waals surface area contributed by atoms with Crippen molar-refractivity contribution < 1.29 is 19.4 Å². The summed E-state index contributed by atoms with van der Waals surface area (Å²) in [6.07, 6.45) is 4.23. The van der Waals surface area contributed by atoms with Crippen LogP contribution in [0.2, 0.25) is 0 Å². The van der Waals surface area contributed by atoms with Gasteiger partial charge in [-0.2, -0.15) is 0 Å². The molecule has 2 aliphatic rings. The van der Waals surface area contributed by atoms with E-state index in [1.165, 1.54) is 6.20 Å². The minimum absolute atomic E-state index is 0.0630. The summed E-state index contributed by atoms with van der Waals surface area (Å²) >= 11 is 0. The number of carbonyl (C=O) groups is 2. The highest BCUT2D eigenvalue weighted by Gasteiger charge is 2.44. The topological polar surface area (TPSA) is 88.9 Å². The van der Waals surface area contributed by atoms with Gasteiger partial charge in [0.15, 0.2) is 5.78 Å². The molecule has 1 fully saturated rings. The van der Waals surface area contributed by atoms with Gasteiger partial charge in [0.25, 0.3) is 0 Å². The van der Waals surface area contributed by atoms with E-state index in [0.717, 1.165) is 5.69 Å². The lowest BCUT2D eigenvalue weighted by Crippen LogP contribution is -2.34. The van der Waals surface area contributed by atoms with Crippen molar-refractivity contribution in [3.8, 4) is 0 Å². The van der Waals surface area contributed by atoms with Crippen molar-refractivity contribution >= 4 is 23.7 Å². The van der Waals surface area contributed by atoms with Crippen LogP contribution < -0.4 is 0 Å². The first kappa shape index (κ1) is 12.9. The molecular formula is C14H14N2O4. The molecule has 1 atom stereocenters. The Morgan fingerprint density at radius 2 is 2.30 bits per heavy atom. The number of hydrogen-bond donors (Lipinski definition) is 1. The Kier molecular flexibility index (Phi) is 3.10. The SMILES string of the molecule is O=C(C[C@@]1(C(=O)O)CCOC1)c1cnc2c(c1)N=CC2. The lowest BCUT2D eigenvalue weighted by molar-refractivity contribution is -0.148. The predicted octanol–water partition coefficient (Wildman–Crippen LogP) is 1.40. The lowest BCUT2D eigenvalue weighted by Gasteiger charge is -2.20. The summed E-state index contributed by atoms with van der Waals surface area (Å²) in [4.78, 5) is 32.0. The Balaban J connectivity index is 1.82. The molecule has 2 aliphatic heterocycles. The number of hydrogen-bond acceptors (Lipinski definition) is 5. The van der Waals surface area contributed by atoms with E-state index >= 15 is 0 Å². The smallest absolute Gasteiger partial charge is 0.312 e. The molecule has 0 bridgehead atoms. The third-order valence-corrected chi connectivity index (χ3v) is 3.84. The number of aliphatic carboxylic acids is 1. The average Bonchev–Trinajstić information content (AvgIpc) is 3.06. The van der Waals surface area contributed by atoms with Gasteiger partial charge in [0.1, 0.15) is 5.41 Å². The summed E-state index contributed by atoms with van der Waals surface area (Å²) in [5, 5.41) is 9.34. The van der Waals surface area contributed by atoms with E-state index in [2.05, 4.69) is 9.98 Å². The first-order valence-corrected chi connectivity index (χ1v) is 6.46. The number of aromatic nitrogens is 1. The molecule has 0 amide bonds. The van der Waals surface area contributed by atoms with Crippen molar-refractivity contribution in [1.82, 2.24) is 4.98 Å². The van der Waals surface area contributed by atoms with E-state index < -0.39 is 11.4 Å². The fourth-order valence-electron chi connectivity index (χ4n) is 2.53. The third kappa shape index (κ3) is 2.12. The van der Waals surface area contributed by atoms with Gasteiger partial charge in [0.2, 0.25) is 0 Å². The molecule has 3 rings (SSSR count). The molecule has 6 heteroatoms. The highest BCUT2D eigenvalue weighted by Crippen LogP contribution is 2.34. The molecule has 0 unspecified atom stereocenters. The Morgan fingerprint density at radius 3 is 3.00 bits per heavy atom. The molecule has 0 saturated carbocycles. The largest absolute Gasteiger partial charge is 0.481 e. The van der Waals surface area contributed by atoms with Gasteiger partial charge >= 0.3 is 5.97 Å². The van der Waals surface area contributed by atoms with Crippen LogP contribution in [0.25, 0.3) is 0 Å². The van der Waals surface area contributed by atoms with Crippen molar-refractivity contribution in [3.63, 3.8) is 0 Å². The Labute approximate surface area is 115 Å². The van der Waals surface area contributed by atoms with Gasteiger partial charge in [-0.3, -0.25) is 19.6 Å². The first-order chi connectivity index (χ1) is 9.61. The number of pyridine rings is 1. The van der Waals surface area contributed by atoms with E-state index in [9.17, 15) is 14.7 Å². The number of carboxylic acids is 1. The number of nitrogens with zero attached hydrogens (tertiary/aromatic N) is 2. The van der Waals surface area contributed by atoms with E-state index in [4.69, 9.17) is 4.74 Å². The molecule has 0 radical (unpaired) electrons. The van der Waals surface area contributed by atoms with Crippen LogP contribution in [0.15, 0.2) is 17.3 Å². The quantitative estimate of drug-likeness (QED) is 0.838. The van der Waals surface area contributed by atoms with Crippen LogP contribution >= 0.6 is 0 Å². The maximum absolute atomic E-state index is 12.3. The first-order valence-electron chi connectivity index (χ1n) is 6.46. The van der Waals surface area contributed by atoms with Gasteiger partial charge in [-0.1, -0.05) is 0 Å². The second-order valence-electron chi connectivity index (χ2n) is 5.19. The minimum atomic E-state index is -1.10. The molecule has 104 valence electrons. The van der Waals surface area contributed by atoms with Gasteiger partial charge in [-0.25, -0.2) is 0 Å². The van der Waals surface area contributed by atoms with E-state index in [1.54, 1.807) is 12.3 Å². The fourth-order valence-corrected chi connectivity index (χ4v) is 2.53. The second-order valence-corrected chi connectivity index (χ2v) is 5.19. The van der Waals surface area contributed by atoms with Gasteiger partial charge in [-0.05, 0) is 12.5 Å². The van der Waals surface area contributed by atoms with Gasteiger partial charge in [0, 0.05) is 37.4 Å². The summed E-state index contributed by atoms with van der Waals surface area (Å²) in [6, 6.07) is 1.68. The maximum atomic E-state index is 12.3. The summed E-state index contributed by atoms with van der Waals surface area (Å²) in [5.41, 5.74) is 0.858. The molecule has 0 spiro atoms. The van der Waals surface area contributed by atoms with E-state index in [1.807, 2.05) is 0 Å². The van der Waals surface area contributed by atoms with E-state index in [0.29, 0.717) is 30.7 Å². The van der Waals surface area contributed by atoms with Crippen LogP contribution in [0.3, 0.4) is 0 Å². The lowest BCUT2D eigenvalue weighted by atomic mass is 9.81. The number of fused-ring (bicyclic) bond motifs is 1. The molecule has 1 aromatic heterocycles. The maximum Gasteiger partial charge on any atom is 0.312 e. The van der Waals surface area contributed by atoms with E-state index in [-0.39, 0.29) is 18.8 Å². The predicted molar refractivity (Wildman–Crippen MR) is 70.5 cm³/mol. The number of ether oxygens (including phenoxy) is 1. The van der Waals surface area contributed by atoms with Gasteiger partial charge in [0.05, 0.1) is 18.0 Å². The Hall–Kier alpha value is -2.08. The zero-order valence-electron chi connectivity index (χ0n) is 10.8. The summed E-state index contributed by atoms with van der Waals surface area (Å²) in [6.45, 7) is 0.469. The third-order valence-electron chi connectivity index (χ3n) is 3.84. The molecule has 6 nitrogen and oxygen atoms in total. The van der Waals surface area contributed by atoms with Crippen molar-refractivity contribution in [2.45, 2.75) is 19.3 Å². The minimum Gasteiger partial charge on any atom is -0.481 e. The monoisotopic (exact) mass is 274 g/mol. The summed E-state index contributed by atoms with van der Waals surface area (Å²) in [5.74, 6) is -1.20. The number of carboxylic acid groups (broad SMARTS) is 1. The zero-order chi connectivity index (χ0) is 14.2. The second kappa shape index (κ2) is 4.79. The number of Topliss-reactive ketones (excluding diaryl/α,β-unsaturated/α-hetero) is 1. The van der Waals surface area contributed by atoms with Crippen LogP contribution in [0.4, 0.5) is 5.69 Å². The van der Waals surface area contributed by atoms with Gasteiger partial charge < -0.3 is 9.84 Å². The normalized spacial score (nSPS) is 23.8. The van der Waals surface area contributed by atoms with Gasteiger partial charge in [-0.15, -0.1) is 0 Å². The number of rotatable bonds is 4. The molecule has 0 aliphatic carbocycles. The molecule has 20 heavy (non-hydrogen) atoms. The average molecular weight is 274 g/mol. The summed E-state index contributed by atoms with van der Waals surface area (Å²) in [7, 11) is 0. The molecular weight excluding hydrogens is 260 g/mol. The number of ketones is 1. The molecule has 3 heterocycles. The highest BCUT2D eigenvalue weighted by atomic mass is 16.5. The number of aliphatic imine (C=N–C) groups is 1. The van der Waals surface area contributed by atoms with Crippen LogP contribution in [0.1, 0.15) is 28.9 Å². The number of carbonyl (C=O) groups excluding carboxylic acids is 1. The van der Waals surface area contributed by atoms with Crippen molar-refractivity contribution in [3.05, 3.63) is 23.5 Å². The Morgan fingerprint density at radius 1 is 1.45 bits per heavy atom. The van der Waals surface area contributed by atoms with Crippen molar-refractivity contribution in [2.24, 2.45) is 10.4 Å². The van der Waals surface area contributed by atoms with Crippen LogP contribution in [0, 0.1) is 5.41 Å². The van der Waals surface area contributed by atoms with Crippen LogP contribution in [-0.2, 0) is 16.0 Å². The Bertz CT molecular complexity index is 603. The molecule has 1 aromatic rings.